The fourth-order valence-corrected chi connectivity index (χ4v) is 1.87. The fraction of sp³-hybridized carbons (Fsp3) is 1.00. The molecule has 0 spiro atoms. The van der Waals surface area contributed by atoms with Gasteiger partial charge in [0.05, 0.1) is 0 Å². The van der Waals surface area contributed by atoms with E-state index in [1.807, 2.05) is 0 Å². The Bertz CT molecular complexity index is 147. The van der Waals surface area contributed by atoms with Crippen LogP contribution >= 0.6 is 0 Å². The van der Waals surface area contributed by atoms with E-state index >= 15 is 0 Å². The van der Waals surface area contributed by atoms with Crippen molar-refractivity contribution in [3.63, 3.8) is 0 Å². The van der Waals surface area contributed by atoms with Crippen LogP contribution < -0.4 is 16.4 Å². The van der Waals surface area contributed by atoms with Crippen LogP contribution in [0.1, 0.15) is 6.92 Å². The quantitative estimate of drug-likeness (QED) is 0.460. The second-order valence-electron chi connectivity index (χ2n) is 3.79. The summed E-state index contributed by atoms with van der Waals surface area (Å²) in [6, 6.07) is 0. The summed E-state index contributed by atoms with van der Waals surface area (Å²) >= 11 is 0. The van der Waals surface area contributed by atoms with Gasteiger partial charge >= 0.3 is 0 Å². The van der Waals surface area contributed by atoms with Crippen LogP contribution in [0, 0.1) is 0 Å². The molecule has 1 rings (SSSR count). The van der Waals surface area contributed by atoms with E-state index in [1.54, 1.807) is 0 Å². The molecule has 0 bridgehead atoms. The number of likely N-dealkylation sites (N-methyl/N-ethyl adjacent to an activating group) is 1. The van der Waals surface area contributed by atoms with Crippen LogP contribution in [-0.2, 0) is 0 Å². The highest BCUT2D eigenvalue weighted by Crippen LogP contribution is 1.98. The molecule has 0 saturated carbocycles. The SMILES string of the molecule is CCN(CCNCCN)N1CCNCC1. The van der Waals surface area contributed by atoms with Gasteiger partial charge in [0.2, 0.25) is 0 Å². The number of hydrazine groups is 1. The topological polar surface area (TPSA) is 56.6 Å². The molecule has 0 aromatic heterocycles. The van der Waals surface area contributed by atoms with Gasteiger partial charge in [0.1, 0.15) is 0 Å². The first-order valence-corrected chi connectivity index (χ1v) is 5.99. The number of nitrogens with one attached hydrogen (secondary N) is 2. The van der Waals surface area contributed by atoms with Crippen molar-refractivity contribution in [2.75, 3.05) is 58.9 Å². The van der Waals surface area contributed by atoms with Crippen LogP contribution in [0.3, 0.4) is 0 Å². The van der Waals surface area contributed by atoms with E-state index in [4.69, 9.17) is 5.73 Å². The molecule has 0 amide bonds. The van der Waals surface area contributed by atoms with Gasteiger partial charge in [0.15, 0.2) is 0 Å². The summed E-state index contributed by atoms with van der Waals surface area (Å²) < 4.78 is 0. The lowest BCUT2D eigenvalue weighted by molar-refractivity contribution is -0.0285. The minimum absolute atomic E-state index is 0.722. The standard InChI is InChI=1S/C10H25N5/c1-2-14(8-5-12-4-3-11)15-9-6-13-7-10-15/h12-13H,2-11H2,1H3. The van der Waals surface area contributed by atoms with E-state index in [1.165, 1.54) is 0 Å². The summed E-state index contributed by atoms with van der Waals surface area (Å²) in [5.74, 6) is 0. The van der Waals surface area contributed by atoms with E-state index in [0.29, 0.717) is 0 Å². The van der Waals surface area contributed by atoms with Gasteiger partial charge in [-0.25, -0.2) is 10.0 Å². The predicted octanol–water partition coefficient (Wildman–Crippen LogP) is -1.32. The molecule has 1 aliphatic rings. The van der Waals surface area contributed by atoms with E-state index < -0.39 is 0 Å². The Morgan fingerprint density at radius 2 is 2.07 bits per heavy atom. The fourth-order valence-electron chi connectivity index (χ4n) is 1.87. The number of nitrogens with zero attached hydrogens (tertiary/aromatic N) is 2. The minimum atomic E-state index is 0.722. The average Bonchev–Trinajstić information content (AvgIpc) is 2.30. The Morgan fingerprint density at radius 1 is 1.33 bits per heavy atom. The lowest BCUT2D eigenvalue weighted by Gasteiger charge is -2.37. The molecule has 0 aromatic rings. The van der Waals surface area contributed by atoms with Gasteiger partial charge in [-0.3, -0.25) is 0 Å². The number of piperazine rings is 1. The Kier molecular flexibility index (Phi) is 6.87. The predicted molar refractivity (Wildman–Crippen MR) is 63.6 cm³/mol. The summed E-state index contributed by atoms with van der Waals surface area (Å²) in [5.41, 5.74) is 5.43. The Labute approximate surface area is 92.9 Å². The highest BCUT2D eigenvalue weighted by molar-refractivity contribution is 4.67. The molecule has 5 heteroatoms. The molecule has 1 saturated heterocycles. The number of hydrogen-bond donors (Lipinski definition) is 3. The van der Waals surface area contributed by atoms with Crippen LogP contribution in [-0.4, -0.2) is 68.9 Å². The number of hydrogen-bond acceptors (Lipinski definition) is 5. The summed E-state index contributed by atoms with van der Waals surface area (Å²) in [4.78, 5) is 0. The number of nitrogens with two attached hydrogens (primary N) is 1. The molecular weight excluding hydrogens is 190 g/mol. The third kappa shape index (κ3) is 4.90. The van der Waals surface area contributed by atoms with Crippen molar-refractivity contribution in [2.24, 2.45) is 5.73 Å². The highest BCUT2D eigenvalue weighted by Gasteiger charge is 2.15. The maximum Gasteiger partial charge on any atom is 0.0259 e. The lowest BCUT2D eigenvalue weighted by Crippen LogP contribution is -2.53. The van der Waals surface area contributed by atoms with Gasteiger partial charge in [0.25, 0.3) is 0 Å². The van der Waals surface area contributed by atoms with Crippen molar-refractivity contribution in [1.29, 1.82) is 0 Å². The molecule has 0 radical (unpaired) electrons. The van der Waals surface area contributed by atoms with Crippen molar-refractivity contribution >= 4 is 0 Å². The molecule has 0 unspecified atom stereocenters. The van der Waals surface area contributed by atoms with Crippen LogP contribution in [0.25, 0.3) is 0 Å². The molecule has 0 aliphatic carbocycles. The van der Waals surface area contributed by atoms with Gasteiger partial charge in [-0.1, -0.05) is 6.92 Å². The molecule has 15 heavy (non-hydrogen) atoms. The zero-order valence-corrected chi connectivity index (χ0v) is 9.84. The molecule has 1 fully saturated rings. The van der Waals surface area contributed by atoms with Gasteiger partial charge in [-0.05, 0) is 0 Å². The normalized spacial score (nSPS) is 18.6. The second kappa shape index (κ2) is 8.01. The maximum atomic E-state index is 5.43. The van der Waals surface area contributed by atoms with E-state index in [9.17, 15) is 0 Å². The highest BCUT2D eigenvalue weighted by atomic mass is 15.6. The minimum Gasteiger partial charge on any atom is -0.329 e. The lowest BCUT2D eigenvalue weighted by atomic mass is 10.4. The molecule has 4 N–H and O–H groups in total. The van der Waals surface area contributed by atoms with Crippen LogP contribution in [0.4, 0.5) is 0 Å². The van der Waals surface area contributed by atoms with Gasteiger partial charge in [-0.2, -0.15) is 0 Å². The smallest absolute Gasteiger partial charge is 0.0259 e. The first-order valence-electron chi connectivity index (χ1n) is 5.99. The van der Waals surface area contributed by atoms with E-state index in [0.717, 1.165) is 58.9 Å². The molecule has 5 nitrogen and oxygen atoms in total. The Balaban J connectivity index is 2.15. The maximum absolute atomic E-state index is 5.43. The summed E-state index contributed by atoms with van der Waals surface area (Å²) in [6.07, 6.45) is 0. The Morgan fingerprint density at radius 3 is 2.67 bits per heavy atom. The molecule has 0 atom stereocenters. The van der Waals surface area contributed by atoms with Crippen molar-refractivity contribution in [3.8, 4) is 0 Å². The molecule has 90 valence electrons. The zero-order chi connectivity index (χ0) is 10.9. The third-order valence-electron chi connectivity index (χ3n) is 2.73. The van der Waals surface area contributed by atoms with E-state index in [-0.39, 0.29) is 0 Å². The van der Waals surface area contributed by atoms with Crippen LogP contribution in [0.2, 0.25) is 0 Å². The molecular formula is C10H25N5. The first-order chi connectivity index (χ1) is 7.38. The van der Waals surface area contributed by atoms with E-state index in [2.05, 4.69) is 27.6 Å². The van der Waals surface area contributed by atoms with Crippen molar-refractivity contribution < 1.29 is 0 Å². The average molecular weight is 215 g/mol. The summed E-state index contributed by atoms with van der Waals surface area (Å²) in [6.45, 7) is 11.5. The molecule has 1 heterocycles. The van der Waals surface area contributed by atoms with Crippen molar-refractivity contribution in [2.45, 2.75) is 6.92 Å². The van der Waals surface area contributed by atoms with Crippen LogP contribution in [0.5, 0.6) is 0 Å². The second-order valence-corrected chi connectivity index (χ2v) is 3.79. The summed E-state index contributed by atoms with van der Waals surface area (Å²) in [7, 11) is 0. The monoisotopic (exact) mass is 215 g/mol. The Hall–Kier alpha value is -0.200. The largest absolute Gasteiger partial charge is 0.329 e. The first kappa shape index (κ1) is 12.9. The van der Waals surface area contributed by atoms with Gasteiger partial charge in [0, 0.05) is 58.9 Å². The van der Waals surface area contributed by atoms with Crippen molar-refractivity contribution in [1.82, 2.24) is 20.7 Å². The zero-order valence-electron chi connectivity index (χ0n) is 9.84. The van der Waals surface area contributed by atoms with Gasteiger partial charge < -0.3 is 16.4 Å². The van der Waals surface area contributed by atoms with Crippen molar-refractivity contribution in [3.05, 3.63) is 0 Å². The third-order valence-corrected chi connectivity index (χ3v) is 2.73. The van der Waals surface area contributed by atoms with Gasteiger partial charge in [-0.15, -0.1) is 0 Å². The molecule has 1 aliphatic heterocycles. The summed E-state index contributed by atoms with van der Waals surface area (Å²) in [5, 5.41) is 11.6. The number of rotatable bonds is 7. The van der Waals surface area contributed by atoms with Crippen LogP contribution in [0.15, 0.2) is 0 Å². The molecule has 0 aromatic carbocycles.